The zero-order valence-corrected chi connectivity index (χ0v) is 18.3. The second kappa shape index (κ2) is 10.8. The van der Waals surface area contributed by atoms with Gasteiger partial charge in [0.1, 0.15) is 0 Å². The Morgan fingerprint density at radius 3 is 2.39 bits per heavy atom. The van der Waals surface area contributed by atoms with Gasteiger partial charge in [0.05, 0.1) is 0 Å². The van der Waals surface area contributed by atoms with Gasteiger partial charge in [-0.05, 0) is 81.1 Å². The molecular weight excluding hydrogens is 393 g/mol. The van der Waals surface area contributed by atoms with Gasteiger partial charge in [-0.1, -0.05) is 25.0 Å². The van der Waals surface area contributed by atoms with E-state index < -0.39 is 0 Å². The maximum absolute atomic E-state index is 12.8. The number of anilines is 1. The van der Waals surface area contributed by atoms with Gasteiger partial charge in [0, 0.05) is 24.2 Å². The molecule has 1 saturated heterocycles. The van der Waals surface area contributed by atoms with Gasteiger partial charge in [0.15, 0.2) is 0 Å². The summed E-state index contributed by atoms with van der Waals surface area (Å²) < 4.78 is 0. The molecule has 158 valence electrons. The average molecular weight is 428 g/mol. The highest BCUT2D eigenvalue weighted by Gasteiger charge is 2.40. The van der Waals surface area contributed by atoms with Gasteiger partial charge in [0.25, 0.3) is 0 Å². The van der Waals surface area contributed by atoms with Crippen molar-refractivity contribution in [2.24, 2.45) is 23.5 Å². The van der Waals surface area contributed by atoms with Crippen molar-refractivity contribution >= 4 is 36.4 Å². The van der Waals surface area contributed by atoms with Crippen molar-refractivity contribution in [3.63, 3.8) is 0 Å². The van der Waals surface area contributed by atoms with Crippen molar-refractivity contribution in [1.82, 2.24) is 4.90 Å². The molecule has 2 aliphatic carbocycles. The highest BCUT2D eigenvalue weighted by Crippen LogP contribution is 2.42. The molecule has 3 N–H and O–H groups in total. The SMILES string of the molecule is Cl.Cl.NC1C2CCCC1CC(C(=O)Nc1cccc(CN3CCCCC3)c1)C2. The lowest BCUT2D eigenvalue weighted by atomic mass is 9.65. The van der Waals surface area contributed by atoms with E-state index in [1.807, 2.05) is 6.07 Å². The molecule has 2 saturated carbocycles. The molecule has 0 spiro atoms. The van der Waals surface area contributed by atoms with Crippen LogP contribution < -0.4 is 11.1 Å². The molecule has 1 aromatic carbocycles. The lowest BCUT2D eigenvalue weighted by Crippen LogP contribution is -2.48. The number of carbonyl (C=O) groups excluding carboxylic acids is 1. The number of nitrogens with zero attached hydrogens (tertiary/aromatic N) is 1. The van der Waals surface area contributed by atoms with Gasteiger partial charge < -0.3 is 11.1 Å². The largest absolute Gasteiger partial charge is 0.327 e. The van der Waals surface area contributed by atoms with Crippen LogP contribution in [0.25, 0.3) is 0 Å². The first-order chi connectivity index (χ1) is 12.7. The fraction of sp³-hybridized carbons (Fsp3) is 0.682. The minimum absolute atomic E-state index is 0. The number of hydrogen-bond acceptors (Lipinski definition) is 3. The first-order valence-electron chi connectivity index (χ1n) is 10.6. The minimum Gasteiger partial charge on any atom is -0.327 e. The third-order valence-electron chi connectivity index (χ3n) is 6.83. The summed E-state index contributed by atoms with van der Waals surface area (Å²) in [6, 6.07) is 8.74. The molecule has 3 fully saturated rings. The molecule has 1 aliphatic heterocycles. The number of likely N-dealkylation sites (tertiary alicyclic amines) is 1. The predicted octanol–water partition coefficient (Wildman–Crippen LogP) is 4.61. The predicted molar refractivity (Wildman–Crippen MR) is 120 cm³/mol. The standard InChI is InChI=1S/C22H33N3O.2ClH/c23-21-17-7-5-8-18(21)14-19(13-17)22(26)24-20-9-4-6-16(12-20)15-25-10-2-1-3-11-25;;/h4,6,9,12,17-19,21H,1-3,5,7-8,10-11,13-15,23H2,(H,24,26);2*1H. The summed E-state index contributed by atoms with van der Waals surface area (Å²) >= 11 is 0. The van der Waals surface area contributed by atoms with Gasteiger partial charge in [-0.3, -0.25) is 9.69 Å². The highest BCUT2D eigenvalue weighted by atomic mass is 35.5. The van der Waals surface area contributed by atoms with Crippen molar-refractivity contribution in [2.75, 3.05) is 18.4 Å². The lowest BCUT2D eigenvalue weighted by molar-refractivity contribution is -0.122. The topological polar surface area (TPSA) is 58.4 Å². The average Bonchev–Trinajstić information content (AvgIpc) is 2.62. The van der Waals surface area contributed by atoms with Gasteiger partial charge in [-0.25, -0.2) is 0 Å². The van der Waals surface area contributed by atoms with Crippen LogP contribution >= 0.6 is 24.8 Å². The van der Waals surface area contributed by atoms with Crippen LogP contribution in [0.1, 0.15) is 56.9 Å². The Morgan fingerprint density at radius 2 is 1.71 bits per heavy atom. The van der Waals surface area contributed by atoms with Gasteiger partial charge in [0.2, 0.25) is 5.91 Å². The summed E-state index contributed by atoms with van der Waals surface area (Å²) in [5, 5.41) is 3.20. The van der Waals surface area contributed by atoms with Crippen LogP contribution in [-0.4, -0.2) is 29.9 Å². The molecule has 2 unspecified atom stereocenters. The fourth-order valence-electron chi connectivity index (χ4n) is 5.37. The van der Waals surface area contributed by atoms with Crippen molar-refractivity contribution in [3.8, 4) is 0 Å². The van der Waals surface area contributed by atoms with Crippen LogP contribution in [-0.2, 0) is 11.3 Å². The molecule has 1 aromatic rings. The van der Waals surface area contributed by atoms with Crippen LogP contribution in [0.2, 0.25) is 0 Å². The van der Waals surface area contributed by atoms with Gasteiger partial charge in [-0.2, -0.15) is 0 Å². The maximum atomic E-state index is 12.8. The molecule has 4 nitrogen and oxygen atoms in total. The van der Waals surface area contributed by atoms with Crippen molar-refractivity contribution in [2.45, 2.75) is 64.0 Å². The summed E-state index contributed by atoms with van der Waals surface area (Å²) in [5.74, 6) is 1.42. The van der Waals surface area contributed by atoms with E-state index in [1.54, 1.807) is 0 Å². The first kappa shape index (κ1) is 23.5. The molecule has 0 aromatic heterocycles. The van der Waals surface area contributed by atoms with Crippen molar-refractivity contribution in [1.29, 1.82) is 0 Å². The number of nitrogens with two attached hydrogens (primary N) is 1. The quantitative estimate of drug-likeness (QED) is 0.737. The molecular formula is C22H35Cl2N3O. The Hall–Kier alpha value is -0.810. The van der Waals surface area contributed by atoms with Crippen LogP contribution in [0.3, 0.4) is 0 Å². The number of amides is 1. The normalized spacial score (nSPS) is 29.9. The smallest absolute Gasteiger partial charge is 0.227 e. The molecule has 3 aliphatic rings. The Morgan fingerprint density at radius 1 is 1.04 bits per heavy atom. The third kappa shape index (κ3) is 5.63. The van der Waals surface area contributed by atoms with Crippen molar-refractivity contribution < 1.29 is 4.79 Å². The number of halogens is 2. The maximum Gasteiger partial charge on any atom is 0.227 e. The van der Waals surface area contributed by atoms with E-state index in [9.17, 15) is 4.79 Å². The van der Waals surface area contributed by atoms with E-state index in [1.165, 1.54) is 57.2 Å². The number of benzene rings is 1. The zero-order chi connectivity index (χ0) is 17.9. The second-order valence-electron chi connectivity index (χ2n) is 8.72. The number of rotatable bonds is 4. The number of hydrogen-bond donors (Lipinski definition) is 2. The Balaban J connectivity index is 0.00000140. The summed E-state index contributed by atoms with van der Waals surface area (Å²) in [5.41, 5.74) is 8.62. The molecule has 4 rings (SSSR count). The molecule has 6 heteroatoms. The zero-order valence-electron chi connectivity index (χ0n) is 16.6. The molecule has 2 atom stereocenters. The molecule has 0 radical (unpaired) electrons. The lowest BCUT2D eigenvalue weighted by Gasteiger charge is -2.43. The van der Waals surface area contributed by atoms with Crippen LogP contribution in [0.4, 0.5) is 5.69 Å². The van der Waals surface area contributed by atoms with E-state index in [-0.39, 0.29) is 36.6 Å². The number of carbonyl (C=O) groups is 1. The monoisotopic (exact) mass is 427 g/mol. The van der Waals surface area contributed by atoms with E-state index >= 15 is 0 Å². The molecule has 1 heterocycles. The third-order valence-corrected chi connectivity index (χ3v) is 6.83. The van der Waals surface area contributed by atoms with E-state index in [0.29, 0.717) is 17.9 Å². The van der Waals surface area contributed by atoms with E-state index in [0.717, 1.165) is 25.1 Å². The second-order valence-corrected chi connectivity index (χ2v) is 8.72. The van der Waals surface area contributed by atoms with E-state index in [2.05, 4.69) is 28.4 Å². The Bertz CT molecular complexity index is 622. The molecule has 1 amide bonds. The highest BCUT2D eigenvalue weighted by molar-refractivity contribution is 5.92. The fourth-order valence-corrected chi connectivity index (χ4v) is 5.37. The van der Waals surface area contributed by atoms with Crippen LogP contribution in [0.15, 0.2) is 24.3 Å². The molecule has 28 heavy (non-hydrogen) atoms. The number of piperidine rings is 1. The van der Waals surface area contributed by atoms with Gasteiger partial charge >= 0.3 is 0 Å². The Kier molecular flexibility index (Phi) is 9.07. The summed E-state index contributed by atoms with van der Waals surface area (Å²) in [6.07, 6.45) is 9.61. The van der Waals surface area contributed by atoms with Crippen molar-refractivity contribution in [3.05, 3.63) is 29.8 Å². The number of fused-ring (bicyclic) bond motifs is 2. The van der Waals surface area contributed by atoms with E-state index in [4.69, 9.17) is 5.73 Å². The first-order valence-corrected chi connectivity index (χ1v) is 10.6. The summed E-state index contributed by atoms with van der Waals surface area (Å²) in [4.78, 5) is 15.4. The summed E-state index contributed by atoms with van der Waals surface area (Å²) in [7, 11) is 0. The molecule has 2 bridgehead atoms. The van der Waals surface area contributed by atoms with Crippen LogP contribution in [0.5, 0.6) is 0 Å². The number of nitrogens with one attached hydrogen (secondary N) is 1. The van der Waals surface area contributed by atoms with Gasteiger partial charge in [-0.15, -0.1) is 24.8 Å². The summed E-state index contributed by atoms with van der Waals surface area (Å²) in [6.45, 7) is 3.38. The Labute approximate surface area is 181 Å². The van der Waals surface area contributed by atoms with Crippen LogP contribution in [0, 0.1) is 17.8 Å². The minimum atomic E-state index is 0.